The summed E-state index contributed by atoms with van der Waals surface area (Å²) < 4.78 is 13.1. The van der Waals surface area contributed by atoms with Crippen molar-refractivity contribution in [2.45, 2.75) is 19.4 Å². The Hall–Kier alpha value is -2.25. The number of thiophene rings is 1. The molecule has 5 nitrogen and oxygen atoms in total. The second-order valence-electron chi connectivity index (χ2n) is 5.18. The Bertz CT molecular complexity index is 659. The van der Waals surface area contributed by atoms with Crippen LogP contribution in [-0.2, 0) is 4.79 Å². The van der Waals surface area contributed by atoms with Gasteiger partial charge in [0.1, 0.15) is 5.82 Å². The fraction of sp³-hybridized carbons (Fsp3) is 0.294. The van der Waals surface area contributed by atoms with E-state index in [1.165, 1.54) is 23.5 Å². The summed E-state index contributed by atoms with van der Waals surface area (Å²) in [5, 5.41) is 9.90. The molecule has 0 radical (unpaired) electrons. The molecular formula is C17H20FN3O2S. The quantitative estimate of drug-likeness (QED) is 0.720. The van der Waals surface area contributed by atoms with Crippen LogP contribution in [0.25, 0.3) is 0 Å². The van der Waals surface area contributed by atoms with Gasteiger partial charge in [0.2, 0.25) is 5.91 Å². The highest BCUT2D eigenvalue weighted by atomic mass is 32.1. The number of hydrogen-bond acceptors (Lipinski definition) is 4. The molecule has 0 unspecified atom stereocenters. The maximum absolute atomic E-state index is 13.1. The fourth-order valence-electron chi connectivity index (χ4n) is 2.14. The van der Waals surface area contributed by atoms with Crippen LogP contribution in [0.2, 0.25) is 0 Å². The predicted molar refractivity (Wildman–Crippen MR) is 92.4 cm³/mol. The molecule has 128 valence electrons. The van der Waals surface area contributed by atoms with Gasteiger partial charge < -0.3 is 5.32 Å². The molecule has 2 aromatic rings. The second kappa shape index (κ2) is 9.14. The molecule has 0 fully saturated rings. The lowest BCUT2D eigenvalue weighted by Gasteiger charge is -2.18. The van der Waals surface area contributed by atoms with Crippen LogP contribution in [0.1, 0.15) is 29.8 Å². The fourth-order valence-corrected chi connectivity index (χ4v) is 2.97. The first-order valence-electron chi connectivity index (χ1n) is 7.70. The molecule has 2 rings (SSSR count). The van der Waals surface area contributed by atoms with Gasteiger partial charge in [0.05, 0.1) is 12.6 Å². The van der Waals surface area contributed by atoms with Gasteiger partial charge >= 0.3 is 6.03 Å². The van der Waals surface area contributed by atoms with Gasteiger partial charge in [0.25, 0.3) is 0 Å². The normalized spacial score (nSPS) is 11.8. The highest BCUT2D eigenvalue weighted by Crippen LogP contribution is 2.25. The van der Waals surface area contributed by atoms with Crippen molar-refractivity contribution in [2.24, 2.45) is 0 Å². The molecule has 0 saturated carbocycles. The Kier molecular flexibility index (Phi) is 6.89. The minimum absolute atomic E-state index is 0.0283. The lowest BCUT2D eigenvalue weighted by molar-refractivity contribution is -0.119. The molecule has 1 aromatic heterocycles. The first-order chi connectivity index (χ1) is 11.6. The third-order valence-electron chi connectivity index (χ3n) is 3.29. The summed E-state index contributed by atoms with van der Waals surface area (Å²) >= 11 is 1.54. The Labute approximate surface area is 144 Å². The smallest absolute Gasteiger partial charge is 0.321 e. The number of imide groups is 1. The zero-order valence-electron chi connectivity index (χ0n) is 13.3. The summed E-state index contributed by atoms with van der Waals surface area (Å²) in [7, 11) is 0. The molecular weight excluding hydrogens is 329 g/mol. The van der Waals surface area contributed by atoms with Gasteiger partial charge in [-0.05, 0) is 35.6 Å². The summed E-state index contributed by atoms with van der Waals surface area (Å²) in [5.41, 5.74) is 0.849. The van der Waals surface area contributed by atoms with Gasteiger partial charge in [-0.1, -0.05) is 25.1 Å². The van der Waals surface area contributed by atoms with E-state index in [4.69, 9.17) is 0 Å². The average Bonchev–Trinajstić information content (AvgIpc) is 3.09. The van der Waals surface area contributed by atoms with Crippen molar-refractivity contribution in [1.29, 1.82) is 0 Å². The molecule has 24 heavy (non-hydrogen) atoms. The number of carbonyl (C=O) groups is 2. The second-order valence-corrected chi connectivity index (χ2v) is 6.16. The lowest BCUT2D eigenvalue weighted by atomic mass is 10.1. The minimum atomic E-state index is -0.502. The first-order valence-corrected chi connectivity index (χ1v) is 8.58. The summed E-state index contributed by atoms with van der Waals surface area (Å²) in [6.45, 7) is 2.41. The van der Waals surface area contributed by atoms with Crippen LogP contribution in [0, 0.1) is 5.82 Å². The van der Waals surface area contributed by atoms with E-state index < -0.39 is 11.9 Å². The molecule has 0 bridgehead atoms. The Balaban J connectivity index is 1.98. The highest BCUT2D eigenvalue weighted by molar-refractivity contribution is 7.10. The van der Waals surface area contributed by atoms with Crippen molar-refractivity contribution >= 4 is 23.3 Å². The number of urea groups is 1. The Morgan fingerprint density at radius 1 is 1.21 bits per heavy atom. The SMILES string of the molecule is CCCNC(=O)NC(=O)CN[C@H](c1ccc(F)cc1)c1cccs1. The zero-order valence-corrected chi connectivity index (χ0v) is 14.2. The topological polar surface area (TPSA) is 70.2 Å². The first kappa shape index (κ1) is 18.1. The number of halogens is 1. The van der Waals surface area contributed by atoms with E-state index in [1.54, 1.807) is 12.1 Å². The van der Waals surface area contributed by atoms with Crippen LogP contribution >= 0.6 is 11.3 Å². The van der Waals surface area contributed by atoms with Crippen molar-refractivity contribution in [3.63, 3.8) is 0 Å². The van der Waals surface area contributed by atoms with E-state index in [0.29, 0.717) is 6.54 Å². The van der Waals surface area contributed by atoms with E-state index in [9.17, 15) is 14.0 Å². The van der Waals surface area contributed by atoms with Crippen LogP contribution in [0.3, 0.4) is 0 Å². The van der Waals surface area contributed by atoms with E-state index in [1.807, 2.05) is 24.4 Å². The Morgan fingerprint density at radius 3 is 2.58 bits per heavy atom. The third-order valence-corrected chi connectivity index (χ3v) is 4.22. The molecule has 3 N–H and O–H groups in total. The summed E-state index contributed by atoms with van der Waals surface area (Å²) in [6.07, 6.45) is 0.797. The van der Waals surface area contributed by atoms with Crippen molar-refractivity contribution < 1.29 is 14.0 Å². The summed E-state index contributed by atoms with van der Waals surface area (Å²) in [6, 6.07) is 9.24. The minimum Gasteiger partial charge on any atom is -0.338 e. The van der Waals surface area contributed by atoms with E-state index in [0.717, 1.165) is 16.9 Å². The lowest BCUT2D eigenvalue weighted by Crippen LogP contribution is -2.44. The summed E-state index contributed by atoms with van der Waals surface area (Å²) in [5.74, 6) is -0.735. The molecule has 0 saturated heterocycles. The van der Waals surface area contributed by atoms with Crippen LogP contribution in [0.4, 0.5) is 9.18 Å². The van der Waals surface area contributed by atoms with Crippen molar-refractivity contribution in [1.82, 2.24) is 16.0 Å². The standard InChI is InChI=1S/C17H20FN3O2S/c1-2-9-19-17(23)21-15(22)11-20-16(14-4-3-10-24-14)12-5-7-13(18)8-6-12/h3-8,10,16,20H,2,9,11H2,1H3,(H2,19,21,22,23)/t16-/m1/s1. The van der Waals surface area contributed by atoms with Gasteiger partial charge in [-0.15, -0.1) is 11.3 Å². The third kappa shape index (κ3) is 5.43. The molecule has 1 heterocycles. The van der Waals surface area contributed by atoms with Crippen LogP contribution < -0.4 is 16.0 Å². The molecule has 1 atom stereocenters. The molecule has 0 aliphatic rings. The van der Waals surface area contributed by atoms with Gasteiger partial charge in [-0.25, -0.2) is 9.18 Å². The molecule has 7 heteroatoms. The van der Waals surface area contributed by atoms with Crippen molar-refractivity contribution in [3.05, 3.63) is 58.0 Å². The largest absolute Gasteiger partial charge is 0.338 e. The van der Waals surface area contributed by atoms with E-state index in [-0.39, 0.29) is 18.4 Å². The number of benzene rings is 1. The predicted octanol–water partition coefficient (Wildman–Crippen LogP) is 2.80. The van der Waals surface area contributed by atoms with E-state index in [2.05, 4.69) is 16.0 Å². The van der Waals surface area contributed by atoms with Gasteiger partial charge in [-0.2, -0.15) is 0 Å². The van der Waals surface area contributed by atoms with E-state index >= 15 is 0 Å². The van der Waals surface area contributed by atoms with Gasteiger partial charge in [0.15, 0.2) is 0 Å². The molecule has 0 aliphatic carbocycles. The Morgan fingerprint density at radius 2 is 1.96 bits per heavy atom. The van der Waals surface area contributed by atoms with Crippen molar-refractivity contribution in [2.75, 3.05) is 13.1 Å². The number of rotatable bonds is 7. The van der Waals surface area contributed by atoms with Crippen LogP contribution in [-0.4, -0.2) is 25.0 Å². The average molecular weight is 349 g/mol. The maximum Gasteiger partial charge on any atom is 0.321 e. The zero-order chi connectivity index (χ0) is 17.4. The molecule has 0 spiro atoms. The molecule has 0 aliphatic heterocycles. The monoisotopic (exact) mass is 349 g/mol. The number of hydrogen-bond donors (Lipinski definition) is 3. The highest BCUT2D eigenvalue weighted by Gasteiger charge is 2.17. The maximum atomic E-state index is 13.1. The number of carbonyl (C=O) groups excluding carboxylic acids is 2. The molecule has 3 amide bonds. The van der Waals surface area contributed by atoms with Crippen LogP contribution in [0.15, 0.2) is 41.8 Å². The van der Waals surface area contributed by atoms with Gasteiger partial charge in [-0.3, -0.25) is 15.4 Å². The number of nitrogens with one attached hydrogen (secondary N) is 3. The van der Waals surface area contributed by atoms with Crippen LogP contribution in [0.5, 0.6) is 0 Å². The number of amides is 3. The van der Waals surface area contributed by atoms with Gasteiger partial charge in [0, 0.05) is 11.4 Å². The summed E-state index contributed by atoms with van der Waals surface area (Å²) in [4.78, 5) is 24.4. The molecule has 1 aromatic carbocycles. The van der Waals surface area contributed by atoms with Crippen molar-refractivity contribution in [3.8, 4) is 0 Å².